The van der Waals surface area contributed by atoms with E-state index in [9.17, 15) is 4.79 Å². The summed E-state index contributed by atoms with van der Waals surface area (Å²) in [6.07, 6.45) is 1.27. The molecule has 0 spiro atoms. The van der Waals surface area contributed by atoms with Crippen molar-refractivity contribution in [3.05, 3.63) is 59.7 Å². The first kappa shape index (κ1) is 14.1. The molecule has 2 N–H and O–H groups in total. The molecule has 3 heteroatoms. The number of nitrogens with zero attached hydrogens (tertiary/aromatic N) is 1. The van der Waals surface area contributed by atoms with E-state index in [1.165, 1.54) is 11.1 Å². The molecule has 0 unspecified atom stereocenters. The van der Waals surface area contributed by atoms with E-state index in [2.05, 4.69) is 25.1 Å². The molecule has 2 aromatic carbocycles. The number of hydrogen-bond acceptors (Lipinski definition) is 2. The van der Waals surface area contributed by atoms with Crippen molar-refractivity contribution in [1.29, 1.82) is 0 Å². The first-order valence-corrected chi connectivity index (χ1v) is 6.74. The van der Waals surface area contributed by atoms with Crippen LogP contribution in [0, 0.1) is 6.92 Å². The van der Waals surface area contributed by atoms with Crippen molar-refractivity contribution in [3.8, 4) is 0 Å². The average molecular weight is 268 g/mol. The normalized spacial score (nSPS) is 10.3. The molecule has 0 aromatic heterocycles. The predicted molar refractivity (Wildman–Crippen MR) is 83.8 cm³/mol. The lowest BCUT2D eigenvalue weighted by Crippen LogP contribution is -2.26. The minimum absolute atomic E-state index is 0.108. The molecule has 2 aromatic rings. The Balaban J connectivity index is 1.96. The van der Waals surface area contributed by atoms with Crippen LogP contribution in [0.3, 0.4) is 0 Å². The largest absolute Gasteiger partial charge is 0.399 e. The first-order valence-electron chi connectivity index (χ1n) is 6.74. The van der Waals surface area contributed by atoms with Gasteiger partial charge in [0.2, 0.25) is 5.91 Å². The van der Waals surface area contributed by atoms with Crippen LogP contribution in [-0.2, 0) is 11.2 Å². The van der Waals surface area contributed by atoms with Gasteiger partial charge in [-0.3, -0.25) is 4.79 Å². The highest BCUT2D eigenvalue weighted by Crippen LogP contribution is 2.16. The zero-order valence-corrected chi connectivity index (χ0v) is 12.0. The second-order valence-corrected chi connectivity index (χ2v) is 5.03. The van der Waals surface area contributed by atoms with Crippen molar-refractivity contribution in [2.45, 2.75) is 19.8 Å². The monoisotopic (exact) mass is 268 g/mol. The maximum absolute atomic E-state index is 12.2. The number of anilines is 2. The van der Waals surface area contributed by atoms with Crippen molar-refractivity contribution in [2.24, 2.45) is 0 Å². The summed E-state index contributed by atoms with van der Waals surface area (Å²) < 4.78 is 0. The summed E-state index contributed by atoms with van der Waals surface area (Å²) in [5, 5.41) is 0. The fraction of sp³-hybridized carbons (Fsp3) is 0.235. The molecule has 0 aliphatic carbocycles. The third-order valence-electron chi connectivity index (χ3n) is 3.36. The summed E-state index contributed by atoms with van der Waals surface area (Å²) in [7, 11) is 1.80. The van der Waals surface area contributed by atoms with Crippen molar-refractivity contribution < 1.29 is 4.79 Å². The van der Waals surface area contributed by atoms with Crippen molar-refractivity contribution in [2.75, 3.05) is 17.7 Å². The van der Waals surface area contributed by atoms with E-state index in [0.717, 1.165) is 12.1 Å². The van der Waals surface area contributed by atoms with Gasteiger partial charge in [-0.15, -0.1) is 0 Å². The van der Waals surface area contributed by atoms with Gasteiger partial charge in [0.1, 0.15) is 0 Å². The van der Waals surface area contributed by atoms with Crippen LogP contribution >= 0.6 is 0 Å². The number of carbonyl (C=O) groups is 1. The van der Waals surface area contributed by atoms with Gasteiger partial charge in [0, 0.05) is 24.8 Å². The standard InChI is InChI=1S/C17H20N2O/c1-13-4-3-5-14(12-13)6-11-17(20)19(2)16-9-7-15(18)8-10-16/h3-5,7-10,12H,6,11,18H2,1-2H3. The van der Waals surface area contributed by atoms with E-state index < -0.39 is 0 Å². The smallest absolute Gasteiger partial charge is 0.227 e. The molecule has 1 amide bonds. The molecule has 0 fully saturated rings. The van der Waals surface area contributed by atoms with Crippen molar-refractivity contribution in [1.82, 2.24) is 0 Å². The molecule has 3 nitrogen and oxygen atoms in total. The number of aryl methyl sites for hydroxylation is 2. The minimum atomic E-state index is 0.108. The summed E-state index contributed by atoms with van der Waals surface area (Å²) >= 11 is 0. The maximum atomic E-state index is 12.2. The topological polar surface area (TPSA) is 46.3 Å². The number of benzene rings is 2. The van der Waals surface area contributed by atoms with Gasteiger partial charge < -0.3 is 10.6 Å². The molecule has 20 heavy (non-hydrogen) atoms. The minimum Gasteiger partial charge on any atom is -0.399 e. The van der Waals surface area contributed by atoms with Crippen molar-refractivity contribution in [3.63, 3.8) is 0 Å². The van der Waals surface area contributed by atoms with E-state index in [1.54, 1.807) is 24.1 Å². The summed E-state index contributed by atoms with van der Waals surface area (Å²) in [4.78, 5) is 13.9. The Hall–Kier alpha value is -2.29. The second kappa shape index (κ2) is 6.24. The molecule has 2 rings (SSSR count). The fourth-order valence-corrected chi connectivity index (χ4v) is 2.13. The van der Waals surface area contributed by atoms with Gasteiger partial charge in [-0.2, -0.15) is 0 Å². The molecule has 0 atom stereocenters. The van der Waals surface area contributed by atoms with E-state index in [1.807, 2.05) is 18.2 Å². The molecule has 0 aliphatic rings. The van der Waals surface area contributed by atoms with Crippen LogP contribution in [0.5, 0.6) is 0 Å². The van der Waals surface area contributed by atoms with Gasteiger partial charge in [-0.1, -0.05) is 29.8 Å². The zero-order chi connectivity index (χ0) is 14.5. The fourth-order valence-electron chi connectivity index (χ4n) is 2.13. The molecular formula is C17H20N2O. The Morgan fingerprint density at radius 3 is 2.50 bits per heavy atom. The Morgan fingerprint density at radius 2 is 1.85 bits per heavy atom. The molecule has 0 radical (unpaired) electrons. The summed E-state index contributed by atoms with van der Waals surface area (Å²) in [6, 6.07) is 15.6. The maximum Gasteiger partial charge on any atom is 0.227 e. The van der Waals surface area contributed by atoms with Crippen LogP contribution in [0.15, 0.2) is 48.5 Å². The van der Waals surface area contributed by atoms with E-state index >= 15 is 0 Å². The highest BCUT2D eigenvalue weighted by Gasteiger charge is 2.10. The predicted octanol–water partition coefficient (Wildman–Crippen LogP) is 3.17. The van der Waals surface area contributed by atoms with Gasteiger partial charge in [-0.05, 0) is 43.2 Å². The number of carbonyl (C=O) groups excluding carboxylic acids is 1. The first-order chi connectivity index (χ1) is 9.56. The quantitative estimate of drug-likeness (QED) is 0.866. The lowest BCUT2D eigenvalue weighted by atomic mass is 10.1. The highest BCUT2D eigenvalue weighted by atomic mass is 16.2. The van der Waals surface area contributed by atoms with Gasteiger partial charge >= 0.3 is 0 Å². The summed E-state index contributed by atoms with van der Waals surface area (Å²) in [5.41, 5.74) is 9.64. The van der Waals surface area contributed by atoms with Crippen LogP contribution < -0.4 is 10.6 Å². The van der Waals surface area contributed by atoms with Crippen molar-refractivity contribution >= 4 is 17.3 Å². The van der Waals surface area contributed by atoms with Crippen LogP contribution in [0.4, 0.5) is 11.4 Å². The Morgan fingerprint density at radius 1 is 1.15 bits per heavy atom. The van der Waals surface area contributed by atoms with Crippen LogP contribution in [0.2, 0.25) is 0 Å². The van der Waals surface area contributed by atoms with Gasteiger partial charge in [0.25, 0.3) is 0 Å². The summed E-state index contributed by atoms with van der Waals surface area (Å²) in [5.74, 6) is 0.108. The van der Waals surface area contributed by atoms with Crippen LogP contribution in [0.25, 0.3) is 0 Å². The molecule has 0 aliphatic heterocycles. The van der Waals surface area contributed by atoms with E-state index in [-0.39, 0.29) is 5.91 Å². The summed E-state index contributed by atoms with van der Waals surface area (Å²) in [6.45, 7) is 2.06. The third-order valence-corrected chi connectivity index (χ3v) is 3.36. The molecule has 0 heterocycles. The molecule has 0 saturated heterocycles. The van der Waals surface area contributed by atoms with Crippen LogP contribution in [-0.4, -0.2) is 13.0 Å². The lowest BCUT2D eigenvalue weighted by molar-refractivity contribution is -0.118. The highest BCUT2D eigenvalue weighted by molar-refractivity contribution is 5.93. The van der Waals surface area contributed by atoms with Crippen LogP contribution in [0.1, 0.15) is 17.5 Å². The number of nitrogen functional groups attached to an aromatic ring is 1. The average Bonchev–Trinajstić information content (AvgIpc) is 2.45. The molecule has 0 saturated carbocycles. The van der Waals surface area contributed by atoms with E-state index in [0.29, 0.717) is 12.1 Å². The van der Waals surface area contributed by atoms with Gasteiger partial charge in [0.05, 0.1) is 0 Å². The second-order valence-electron chi connectivity index (χ2n) is 5.03. The molecule has 104 valence electrons. The number of hydrogen-bond donors (Lipinski definition) is 1. The molecular weight excluding hydrogens is 248 g/mol. The Bertz CT molecular complexity index is 590. The third kappa shape index (κ3) is 3.60. The SMILES string of the molecule is Cc1cccc(CCC(=O)N(C)c2ccc(N)cc2)c1. The van der Waals surface area contributed by atoms with Gasteiger partial charge in [-0.25, -0.2) is 0 Å². The van der Waals surface area contributed by atoms with Gasteiger partial charge in [0.15, 0.2) is 0 Å². The number of rotatable bonds is 4. The Kier molecular flexibility index (Phi) is 4.41. The zero-order valence-electron chi connectivity index (χ0n) is 12.0. The number of nitrogens with two attached hydrogens (primary N) is 1. The van der Waals surface area contributed by atoms with E-state index in [4.69, 9.17) is 5.73 Å². The lowest BCUT2D eigenvalue weighted by Gasteiger charge is -2.17. The Labute approximate surface area is 120 Å². The molecule has 0 bridgehead atoms. The number of amides is 1.